The second kappa shape index (κ2) is 4.06. The van der Waals surface area contributed by atoms with Gasteiger partial charge >= 0.3 is 0 Å². The molecule has 1 aromatic rings. The smallest absolute Gasteiger partial charge is 0.244 e. The fraction of sp³-hybridized carbons (Fsp3) is 0.400. The molecule has 1 fully saturated rings. The van der Waals surface area contributed by atoms with Crippen molar-refractivity contribution >= 4 is 23.2 Å². The van der Waals surface area contributed by atoms with E-state index in [9.17, 15) is 4.79 Å². The van der Waals surface area contributed by atoms with E-state index in [0.29, 0.717) is 5.02 Å². The lowest BCUT2D eigenvalue weighted by Crippen LogP contribution is -2.31. The standard InChI is InChI=1S/C10H12ClN3O/c1-14-5-3-9(10(14)15)13-8-2-4-12-6-7(8)11/h2,4,6,9H,3,5H2,1H3,(H,12,13). The van der Waals surface area contributed by atoms with Crippen molar-refractivity contribution in [3.63, 3.8) is 0 Å². The maximum atomic E-state index is 11.6. The molecular formula is C10H12ClN3O. The van der Waals surface area contributed by atoms with Gasteiger partial charge in [-0.15, -0.1) is 0 Å². The zero-order valence-corrected chi connectivity index (χ0v) is 9.16. The first-order valence-electron chi connectivity index (χ1n) is 4.79. The molecule has 80 valence electrons. The Hall–Kier alpha value is -1.29. The fourth-order valence-electron chi connectivity index (χ4n) is 1.64. The Morgan fingerprint density at radius 3 is 3.07 bits per heavy atom. The molecule has 2 heterocycles. The number of hydrogen-bond acceptors (Lipinski definition) is 3. The van der Waals surface area contributed by atoms with Gasteiger partial charge in [0.05, 0.1) is 10.7 Å². The van der Waals surface area contributed by atoms with Crippen LogP contribution in [-0.4, -0.2) is 35.4 Å². The first-order valence-corrected chi connectivity index (χ1v) is 5.17. The summed E-state index contributed by atoms with van der Waals surface area (Å²) in [5.74, 6) is 0.114. The number of amides is 1. The molecule has 1 atom stereocenters. The van der Waals surface area contributed by atoms with Crippen molar-refractivity contribution in [2.24, 2.45) is 0 Å². The number of aromatic nitrogens is 1. The first-order chi connectivity index (χ1) is 7.18. The molecular weight excluding hydrogens is 214 g/mol. The molecule has 15 heavy (non-hydrogen) atoms. The molecule has 1 aromatic heterocycles. The highest BCUT2D eigenvalue weighted by Gasteiger charge is 2.28. The summed E-state index contributed by atoms with van der Waals surface area (Å²) >= 11 is 5.94. The molecule has 1 unspecified atom stereocenters. The van der Waals surface area contributed by atoms with Gasteiger partial charge < -0.3 is 10.2 Å². The number of hydrogen-bond donors (Lipinski definition) is 1. The van der Waals surface area contributed by atoms with Crippen LogP contribution in [0.25, 0.3) is 0 Å². The predicted octanol–water partition coefficient (Wildman–Crippen LogP) is 1.38. The quantitative estimate of drug-likeness (QED) is 0.827. The fourth-order valence-corrected chi connectivity index (χ4v) is 1.81. The van der Waals surface area contributed by atoms with Gasteiger partial charge in [0.2, 0.25) is 5.91 Å². The van der Waals surface area contributed by atoms with Crippen LogP contribution in [0.2, 0.25) is 5.02 Å². The third-order valence-corrected chi connectivity index (χ3v) is 2.83. The minimum atomic E-state index is -0.158. The van der Waals surface area contributed by atoms with Crippen molar-refractivity contribution in [2.75, 3.05) is 18.9 Å². The first kappa shape index (κ1) is 10.2. The Morgan fingerprint density at radius 1 is 1.67 bits per heavy atom. The zero-order chi connectivity index (χ0) is 10.8. The lowest BCUT2D eigenvalue weighted by atomic mass is 10.2. The largest absolute Gasteiger partial charge is 0.372 e. The molecule has 0 aliphatic carbocycles. The van der Waals surface area contributed by atoms with Gasteiger partial charge in [-0.25, -0.2) is 0 Å². The lowest BCUT2D eigenvalue weighted by Gasteiger charge is -2.13. The van der Waals surface area contributed by atoms with Crippen molar-refractivity contribution in [2.45, 2.75) is 12.5 Å². The normalized spacial score (nSPS) is 20.8. The highest BCUT2D eigenvalue weighted by molar-refractivity contribution is 6.33. The van der Waals surface area contributed by atoms with Crippen LogP contribution < -0.4 is 5.32 Å². The Morgan fingerprint density at radius 2 is 2.47 bits per heavy atom. The summed E-state index contributed by atoms with van der Waals surface area (Å²) in [7, 11) is 1.80. The molecule has 0 spiro atoms. The summed E-state index contributed by atoms with van der Waals surface area (Å²) < 4.78 is 0. The predicted molar refractivity (Wildman–Crippen MR) is 58.9 cm³/mol. The van der Waals surface area contributed by atoms with Crippen LogP contribution in [-0.2, 0) is 4.79 Å². The number of pyridine rings is 1. The number of anilines is 1. The summed E-state index contributed by atoms with van der Waals surface area (Å²) in [5.41, 5.74) is 0.764. The van der Waals surface area contributed by atoms with E-state index in [-0.39, 0.29) is 11.9 Å². The van der Waals surface area contributed by atoms with Gasteiger partial charge in [0, 0.05) is 26.0 Å². The number of nitrogens with zero attached hydrogens (tertiary/aromatic N) is 2. The van der Waals surface area contributed by atoms with Gasteiger partial charge in [-0.05, 0) is 12.5 Å². The third kappa shape index (κ3) is 2.04. The molecule has 5 heteroatoms. The maximum absolute atomic E-state index is 11.6. The molecule has 1 N–H and O–H groups in total. The van der Waals surface area contributed by atoms with Crippen LogP contribution in [0.4, 0.5) is 5.69 Å². The summed E-state index contributed by atoms with van der Waals surface area (Å²) in [6.07, 6.45) is 4.03. The number of halogens is 1. The molecule has 1 saturated heterocycles. The topological polar surface area (TPSA) is 45.2 Å². The second-order valence-electron chi connectivity index (χ2n) is 3.60. The van der Waals surface area contributed by atoms with E-state index >= 15 is 0 Å². The molecule has 1 aliphatic rings. The number of carbonyl (C=O) groups is 1. The summed E-state index contributed by atoms with van der Waals surface area (Å²) in [6, 6.07) is 1.61. The third-order valence-electron chi connectivity index (χ3n) is 2.53. The average Bonchev–Trinajstić information content (AvgIpc) is 2.53. The Bertz CT molecular complexity index is 383. The Labute approximate surface area is 93.2 Å². The Kier molecular flexibility index (Phi) is 2.77. The van der Waals surface area contributed by atoms with E-state index < -0.39 is 0 Å². The summed E-state index contributed by atoms with van der Waals surface area (Å²) in [6.45, 7) is 0.791. The SMILES string of the molecule is CN1CCC(Nc2ccncc2Cl)C1=O. The van der Waals surface area contributed by atoms with E-state index in [1.54, 1.807) is 30.4 Å². The number of carbonyl (C=O) groups excluding carboxylic acids is 1. The van der Waals surface area contributed by atoms with Crippen LogP contribution in [0, 0.1) is 0 Å². The highest BCUT2D eigenvalue weighted by Crippen LogP contribution is 2.22. The van der Waals surface area contributed by atoms with E-state index in [1.165, 1.54) is 0 Å². The molecule has 0 bridgehead atoms. The molecule has 0 aromatic carbocycles. The van der Waals surface area contributed by atoms with E-state index in [0.717, 1.165) is 18.7 Å². The number of nitrogens with one attached hydrogen (secondary N) is 1. The van der Waals surface area contributed by atoms with Gasteiger partial charge in [-0.3, -0.25) is 9.78 Å². The van der Waals surface area contributed by atoms with Crippen LogP contribution in [0.5, 0.6) is 0 Å². The van der Waals surface area contributed by atoms with Crippen molar-refractivity contribution in [1.82, 2.24) is 9.88 Å². The molecule has 0 saturated carbocycles. The minimum Gasteiger partial charge on any atom is -0.372 e. The van der Waals surface area contributed by atoms with Crippen LogP contribution in [0.3, 0.4) is 0 Å². The van der Waals surface area contributed by atoms with Crippen LogP contribution >= 0.6 is 11.6 Å². The van der Waals surface area contributed by atoms with E-state index in [4.69, 9.17) is 11.6 Å². The van der Waals surface area contributed by atoms with Gasteiger partial charge in [0.25, 0.3) is 0 Å². The van der Waals surface area contributed by atoms with Gasteiger partial charge in [-0.2, -0.15) is 0 Å². The lowest BCUT2D eigenvalue weighted by molar-refractivity contribution is -0.127. The van der Waals surface area contributed by atoms with Gasteiger partial charge in [0.1, 0.15) is 6.04 Å². The van der Waals surface area contributed by atoms with E-state index in [1.807, 2.05) is 0 Å². The minimum absolute atomic E-state index is 0.114. The number of rotatable bonds is 2. The highest BCUT2D eigenvalue weighted by atomic mass is 35.5. The molecule has 4 nitrogen and oxygen atoms in total. The molecule has 1 amide bonds. The number of likely N-dealkylation sites (tertiary alicyclic amines) is 1. The van der Waals surface area contributed by atoms with Crippen LogP contribution in [0.1, 0.15) is 6.42 Å². The summed E-state index contributed by atoms with van der Waals surface area (Å²) in [5, 5.41) is 3.67. The number of likely N-dealkylation sites (N-methyl/N-ethyl adjacent to an activating group) is 1. The zero-order valence-electron chi connectivity index (χ0n) is 8.40. The van der Waals surface area contributed by atoms with Crippen molar-refractivity contribution in [1.29, 1.82) is 0 Å². The maximum Gasteiger partial charge on any atom is 0.244 e. The monoisotopic (exact) mass is 225 g/mol. The summed E-state index contributed by atoms with van der Waals surface area (Å²) in [4.78, 5) is 17.2. The van der Waals surface area contributed by atoms with Crippen LogP contribution in [0.15, 0.2) is 18.5 Å². The average molecular weight is 226 g/mol. The van der Waals surface area contributed by atoms with Crippen molar-refractivity contribution in [3.05, 3.63) is 23.5 Å². The van der Waals surface area contributed by atoms with Gasteiger partial charge in [0.15, 0.2) is 0 Å². The van der Waals surface area contributed by atoms with Crippen molar-refractivity contribution in [3.8, 4) is 0 Å². The molecule has 1 aliphatic heterocycles. The van der Waals surface area contributed by atoms with Gasteiger partial charge in [-0.1, -0.05) is 11.6 Å². The molecule has 2 rings (SSSR count). The molecule has 0 radical (unpaired) electrons. The Balaban J connectivity index is 2.10. The van der Waals surface area contributed by atoms with Crippen molar-refractivity contribution < 1.29 is 4.79 Å². The van der Waals surface area contributed by atoms with E-state index in [2.05, 4.69) is 10.3 Å². The second-order valence-corrected chi connectivity index (χ2v) is 4.01.